The Morgan fingerprint density at radius 3 is 2.54 bits per heavy atom. The molecule has 2 N–H and O–H groups in total. The molecule has 0 bridgehead atoms. The van der Waals surface area contributed by atoms with Crippen LogP contribution in [-0.2, 0) is 4.79 Å². The van der Waals surface area contributed by atoms with E-state index in [0.717, 1.165) is 5.39 Å². The number of aromatic nitrogens is 2. The molecule has 0 saturated heterocycles. The van der Waals surface area contributed by atoms with Gasteiger partial charge < -0.3 is 15.2 Å². The van der Waals surface area contributed by atoms with E-state index in [1.807, 2.05) is 18.2 Å². The minimum Gasteiger partial charge on any atom is -0.481 e. The second kappa shape index (κ2) is 6.74. The van der Waals surface area contributed by atoms with E-state index in [9.17, 15) is 9.59 Å². The van der Waals surface area contributed by atoms with E-state index in [0.29, 0.717) is 22.4 Å². The lowest BCUT2D eigenvalue weighted by Crippen LogP contribution is -2.13. The van der Waals surface area contributed by atoms with Gasteiger partial charge in [-0.15, -0.1) is 0 Å². The highest BCUT2D eigenvalue weighted by molar-refractivity contribution is 6.09. The van der Waals surface area contributed by atoms with Crippen molar-refractivity contribution in [2.45, 2.75) is 0 Å². The number of nitrogens with zero attached hydrogens (tertiary/aromatic N) is 2. The smallest absolute Gasteiger partial charge is 0.341 e. The summed E-state index contributed by atoms with van der Waals surface area (Å²) in [7, 11) is 0. The van der Waals surface area contributed by atoms with Crippen molar-refractivity contribution in [3.05, 3.63) is 60.4 Å². The second-order valence-corrected chi connectivity index (χ2v) is 4.92. The Hall–Kier alpha value is -3.48. The molecule has 120 valence electrons. The molecule has 3 aromatic rings. The number of amides is 1. The van der Waals surface area contributed by atoms with Gasteiger partial charge in [0, 0.05) is 16.5 Å². The van der Waals surface area contributed by atoms with Crippen molar-refractivity contribution in [3.63, 3.8) is 0 Å². The quantitative estimate of drug-likeness (QED) is 0.747. The van der Waals surface area contributed by atoms with Crippen molar-refractivity contribution in [1.29, 1.82) is 0 Å². The predicted octanol–water partition coefficient (Wildman–Crippen LogP) is 2.35. The number of hydrogen-bond acceptors (Lipinski definition) is 5. The third kappa shape index (κ3) is 3.30. The van der Waals surface area contributed by atoms with Gasteiger partial charge in [0.15, 0.2) is 6.61 Å². The average molecular weight is 323 g/mol. The number of nitrogens with one attached hydrogen (secondary N) is 1. The molecule has 0 unspecified atom stereocenters. The molecule has 2 aromatic carbocycles. The fraction of sp³-hybridized carbons (Fsp3) is 0.0588. The summed E-state index contributed by atoms with van der Waals surface area (Å²) >= 11 is 0. The first-order valence-corrected chi connectivity index (χ1v) is 7.09. The number of ether oxygens (including phenoxy) is 1. The van der Waals surface area contributed by atoms with Gasteiger partial charge >= 0.3 is 5.97 Å². The Morgan fingerprint density at radius 2 is 1.83 bits per heavy atom. The molecule has 1 aromatic heterocycles. The molecule has 1 heterocycles. The number of carbonyl (C=O) groups excluding carboxylic acids is 1. The van der Waals surface area contributed by atoms with Gasteiger partial charge in [-0.2, -0.15) is 10.2 Å². The number of aliphatic carboxylic acids is 1. The van der Waals surface area contributed by atoms with Gasteiger partial charge in [-0.05, 0) is 18.2 Å². The van der Waals surface area contributed by atoms with E-state index < -0.39 is 12.6 Å². The van der Waals surface area contributed by atoms with Crippen LogP contribution in [0.4, 0.5) is 5.69 Å². The number of anilines is 1. The molecule has 0 atom stereocenters. The molecule has 24 heavy (non-hydrogen) atoms. The summed E-state index contributed by atoms with van der Waals surface area (Å²) in [4.78, 5) is 23.0. The topological polar surface area (TPSA) is 101 Å². The SMILES string of the molecule is O=C(O)COc1ccc(NC(=O)c2ccnnc2)c2ccccc12. The third-order valence-electron chi connectivity index (χ3n) is 3.33. The normalized spacial score (nSPS) is 10.3. The van der Waals surface area contributed by atoms with Crippen LogP contribution in [0.2, 0.25) is 0 Å². The number of hydrogen-bond donors (Lipinski definition) is 2. The number of carboxylic acids is 1. The molecule has 0 spiro atoms. The van der Waals surface area contributed by atoms with Gasteiger partial charge in [0.25, 0.3) is 5.91 Å². The highest BCUT2D eigenvalue weighted by atomic mass is 16.5. The van der Waals surface area contributed by atoms with Crippen molar-refractivity contribution in [3.8, 4) is 5.75 Å². The van der Waals surface area contributed by atoms with Crippen LogP contribution in [0.5, 0.6) is 5.75 Å². The largest absolute Gasteiger partial charge is 0.481 e. The van der Waals surface area contributed by atoms with E-state index in [1.54, 1.807) is 24.3 Å². The predicted molar refractivity (Wildman–Crippen MR) is 87.1 cm³/mol. The van der Waals surface area contributed by atoms with Crippen LogP contribution in [-0.4, -0.2) is 33.8 Å². The summed E-state index contributed by atoms with van der Waals surface area (Å²) in [5, 5.41) is 20.3. The van der Waals surface area contributed by atoms with Crippen LogP contribution in [0, 0.1) is 0 Å². The first-order valence-electron chi connectivity index (χ1n) is 7.09. The molecular weight excluding hydrogens is 310 g/mol. The van der Waals surface area contributed by atoms with Crippen LogP contribution in [0.3, 0.4) is 0 Å². The van der Waals surface area contributed by atoms with Crippen LogP contribution >= 0.6 is 0 Å². The molecule has 7 heteroatoms. The van der Waals surface area contributed by atoms with E-state index >= 15 is 0 Å². The third-order valence-corrected chi connectivity index (χ3v) is 3.33. The number of benzene rings is 2. The van der Waals surface area contributed by atoms with Gasteiger partial charge in [-0.1, -0.05) is 24.3 Å². The van der Waals surface area contributed by atoms with Gasteiger partial charge in [0.2, 0.25) is 0 Å². The number of carboxylic acid groups (broad SMARTS) is 1. The number of fused-ring (bicyclic) bond motifs is 1. The van der Waals surface area contributed by atoms with Crippen LogP contribution in [0.25, 0.3) is 10.8 Å². The fourth-order valence-electron chi connectivity index (χ4n) is 2.27. The molecular formula is C17H13N3O4. The van der Waals surface area contributed by atoms with Crippen molar-refractivity contribution >= 4 is 28.3 Å². The maximum atomic E-state index is 12.3. The van der Waals surface area contributed by atoms with Crippen LogP contribution in [0.15, 0.2) is 54.9 Å². The lowest BCUT2D eigenvalue weighted by molar-refractivity contribution is -0.139. The first kappa shape index (κ1) is 15.4. The van der Waals surface area contributed by atoms with E-state index in [4.69, 9.17) is 9.84 Å². The minimum atomic E-state index is -1.05. The minimum absolute atomic E-state index is 0.311. The zero-order chi connectivity index (χ0) is 16.9. The zero-order valence-electron chi connectivity index (χ0n) is 12.5. The maximum absolute atomic E-state index is 12.3. The summed E-state index contributed by atoms with van der Waals surface area (Å²) < 4.78 is 5.29. The van der Waals surface area contributed by atoms with Crippen LogP contribution < -0.4 is 10.1 Å². The van der Waals surface area contributed by atoms with Gasteiger partial charge in [0.1, 0.15) is 5.75 Å². The average Bonchev–Trinajstić information content (AvgIpc) is 2.61. The monoisotopic (exact) mass is 323 g/mol. The Morgan fingerprint density at radius 1 is 1.04 bits per heavy atom. The molecule has 0 saturated carbocycles. The highest BCUT2D eigenvalue weighted by Crippen LogP contribution is 2.31. The summed E-state index contributed by atoms with van der Waals surface area (Å²) in [5.41, 5.74) is 0.982. The van der Waals surface area contributed by atoms with Gasteiger partial charge in [0.05, 0.1) is 18.0 Å². The fourth-order valence-corrected chi connectivity index (χ4v) is 2.27. The second-order valence-electron chi connectivity index (χ2n) is 4.92. The van der Waals surface area contributed by atoms with E-state index in [1.165, 1.54) is 12.4 Å². The van der Waals surface area contributed by atoms with Crippen LogP contribution in [0.1, 0.15) is 10.4 Å². The van der Waals surface area contributed by atoms with Gasteiger partial charge in [-0.25, -0.2) is 4.79 Å². The molecule has 1 amide bonds. The summed E-state index contributed by atoms with van der Waals surface area (Å²) in [5.74, 6) is -0.924. The van der Waals surface area contributed by atoms with Crippen molar-refractivity contribution in [1.82, 2.24) is 10.2 Å². The van der Waals surface area contributed by atoms with E-state index in [-0.39, 0.29) is 5.91 Å². The molecule has 0 aliphatic heterocycles. The van der Waals surface area contributed by atoms with Gasteiger partial charge in [-0.3, -0.25) is 4.79 Å². The van der Waals surface area contributed by atoms with Crippen molar-refractivity contribution < 1.29 is 19.4 Å². The van der Waals surface area contributed by atoms with Crippen molar-refractivity contribution in [2.24, 2.45) is 0 Å². The Labute approximate surface area is 136 Å². The standard InChI is InChI=1S/C17H13N3O4/c21-16(22)10-24-15-6-5-14(12-3-1-2-4-13(12)15)20-17(23)11-7-8-18-19-9-11/h1-9H,10H2,(H,20,23)(H,21,22). The lowest BCUT2D eigenvalue weighted by atomic mass is 10.1. The lowest BCUT2D eigenvalue weighted by Gasteiger charge is -2.12. The first-order chi connectivity index (χ1) is 11.6. The molecule has 3 rings (SSSR count). The molecule has 0 aliphatic rings. The number of carbonyl (C=O) groups is 2. The maximum Gasteiger partial charge on any atom is 0.341 e. The molecule has 0 radical (unpaired) electrons. The molecule has 0 aliphatic carbocycles. The molecule has 0 fully saturated rings. The summed E-state index contributed by atoms with van der Waals surface area (Å²) in [6.45, 7) is -0.432. The Bertz CT molecular complexity index is 897. The molecule has 7 nitrogen and oxygen atoms in total. The van der Waals surface area contributed by atoms with Crippen molar-refractivity contribution in [2.75, 3.05) is 11.9 Å². The Kier molecular flexibility index (Phi) is 4.33. The highest BCUT2D eigenvalue weighted by Gasteiger charge is 2.11. The Balaban J connectivity index is 1.93. The van der Waals surface area contributed by atoms with E-state index in [2.05, 4.69) is 15.5 Å². The summed E-state index contributed by atoms with van der Waals surface area (Å²) in [6, 6.07) is 12.1. The zero-order valence-corrected chi connectivity index (χ0v) is 12.5. The number of rotatable bonds is 5. The summed E-state index contributed by atoms with van der Waals surface area (Å²) in [6.07, 6.45) is 2.82.